The molecule has 0 fully saturated rings. The van der Waals surface area contributed by atoms with Crippen molar-refractivity contribution in [2.45, 2.75) is 12.6 Å². The molecule has 2 aromatic carbocycles. The van der Waals surface area contributed by atoms with Gasteiger partial charge in [-0.15, -0.1) is 0 Å². The van der Waals surface area contributed by atoms with E-state index < -0.39 is 12.2 Å². The molecule has 27 heavy (non-hydrogen) atoms. The summed E-state index contributed by atoms with van der Waals surface area (Å²) in [6.07, 6.45) is -1.26. The van der Waals surface area contributed by atoms with E-state index in [0.717, 1.165) is 15.7 Å². The van der Waals surface area contributed by atoms with Gasteiger partial charge in [-0.1, -0.05) is 45.7 Å². The van der Waals surface area contributed by atoms with Gasteiger partial charge in [0.2, 0.25) is 5.78 Å². The SMILES string of the molecule is NCCC(=O)O[C@@H]1N=C(c2ccccc2Cl)c2cc(Br)ccc2NCC1=O. The summed E-state index contributed by atoms with van der Waals surface area (Å²) in [5.41, 5.74) is 7.96. The van der Waals surface area contributed by atoms with Crippen molar-refractivity contribution in [3.8, 4) is 0 Å². The Morgan fingerprint density at radius 1 is 1.30 bits per heavy atom. The number of rotatable bonds is 4. The first-order valence-electron chi connectivity index (χ1n) is 8.28. The third kappa shape index (κ3) is 4.55. The molecule has 1 heterocycles. The van der Waals surface area contributed by atoms with Crippen LogP contribution in [0.4, 0.5) is 5.69 Å². The van der Waals surface area contributed by atoms with Crippen molar-refractivity contribution in [1.82, 2.24) is 0 Å². The summed E-state index contributed by atoms with van der Waals surface area (Å²) in [5, 5.41) is 3.56. The highest BCUT2D eigenvalue weighted by Gasteiger charge is 2.27. The molecular weight excluding hydrogens is 434 g/mol. The number of benzene rings is 2. The molecule has 0 saturated heterocycles. The summed E-state index contributed by atoms with van der Waals surface area (Å²) in [7, 11) is 0. The molecule has 3 N–H and O–H groups in total. The summed E-state index contributed by atoms with van der Waals surface area (Å²) in [4.78, 5) is 28.9. The first-order valence-corrected chi connectivity index (χ1v) is 9.45. The van der Waals surface area contributed by atoms with E-state index in [4.69, 9.17) is 22.1 Å². The molecule has 3 rings (SSSR count). The fourth-order valence-corrected chi connectivity index (χ4v) is 3.24. The Morgan fingerprint density at radius 2 is 2.07 bits per heavy atom. The smallest absolute Gasteiger partial charge is 0.309 e. The van der Waals surface area contributed by atoms with Gasteiger partial charge in [-0.2, -0.15) is 0 Å². The molecule has 8 heteroatoms. The number of esters is 1. The zero-order valence-electron chi connectivity index (χ0n) is 14.2. The lowest BCUT2D eigenvalue weighted by Crippen LogP contribution is -2.34. The van der Waals surface area contributed by atoms with Crippen LogP contribution < -0.4 is 11.1 Å². The lowest BCUT2D eigenvalue weighted by molar-refractivity contribution is -0.153. The summed E-state index contributed by atoms with van der Waals surface area (Å²) < 4.78 is 6.10. The maximum atomic E-state index is 12.5. The Kier molecular flexibility index (Phi) is 6.26. The number of anilines is 1. The van der Waals surface area contributed by atoms with Crippen LogP contribution in [0.5, 0.6) is 0 Å². The van der Waals surface area contributed by atoms with Crippen LogP contribution in [0.25, 0.3) is 0 Å². The monoisotopic (exact) mass is 449 g/mol. The lowest BCUT2D eigenvalue weighted by Gasteiger charge is -2.22. The van der Waals surface area contributed by atoms with Crippen LogP contribution in [0.15, 0.2) is 51.9 Å². The minimum absolute atomic E-state index is 0.0102. The molecule has 1 atom stereocenters. The average molecular weight is 451 g/mol. The second kappa shape index (κ2) is 8.65. The van der Waals surface area contributed by atoms with Crippen molar-refractivity contribution in [3.63, 3.8) is 0 Å². The predicted octanol–water partition coefficient (Wildman–Crippen LogP) is 3.15. The maximum absolute atomic E-state index is 12.5. The highest BCUT2D eigenvalue weighted by Crippen LogP contribution is 2.29. The van der Waals surface area contributed by atoms with Gasteiger partial charge in [0.1, 0.15) is 0 Å². The molecule has 2 aromatic rings. The number of ketones is 1. The number of fused-ring (bicyclic) bond motifs is 1. The molecule has 0 amide bonds. The Morgan fingerprint density at radius 3 is 2.81 bits per heavy atom. The molecular formula is C19H17BrClN3O3. The van der Waals surface area contributed by atoms with Gasteiger partial charge in [0.25, 0.3) is 6.23 Å². The number of nitrogens with two attached hydrogens (primary N) is 1. The van der Waals surface area contributed by atoms with E-state index in [-0.39, 0.29) is 25.3 Å². The van der Waals surface area contributed by atoms with Crippen molar-refractivity contribution < 1.29 is 14.3 Å². The third-order valence-electron chi connectivity index (χ3n) is 3.93. The minimum atomic E-state index is -1.27. The number of ether oxygens (including phenoxy) is 1. The maximum Gasteiger partial charge on any atom is 0.309 e. The second-order valence-electron chi connectivity index (χ2n) is 5.85. The van der Waals surface area contributed by atoms with Crippen molar-refractivity contribution in [2.24, 2.45) is 10.7 Å². The number of halogens is 2. The van der Waals surface area contributed by atoms with Gasteiger partial charge in [0.15, 0.2) is 0 Å². The fourth-order valence-electron chi connectivity index (χ4n) is 2.66. The first-order chi connectivity index (χ1) is 13.0. The van der Waals surface area contributed by atoms with Crippen molar-refractivity contribution in [3.05, 3.63) is 63.1 Å². The number of hydrogen-bond acceptors (Lipinski definition) is 6. The van der Waals surface area contributed by atoms with Gasteiger partial charge < -0.3 is 15.8 Å². The van der Waals surface area contributed by atoms with Gasteiger partial charge in [-0.05, 0) is 24.3 Å². The van der Waals surface area contributed by atoms with Crippen LogP contribution >= 0.6 is 27.5 Å². The van der Waals surface area contributed by atoms with Crippen LogP contribution in [0.3, 0.4) is 0 Å². The zero-order valence-corrected chi connectivity index (χ0v) is 16.6. The molecule has 0 saturated carbocycles. The van der Waals surface area contributed by atoms with Gasteiger partial charge in [-0.25, -0.2) is 4.99 Å². The molecule has 6 nitrogen and oxygen atoms in total. The normalized spacial score (nSPS) is 16.5. The zero-order chi connectivity index (χ0) is 19.4. The summed E-state index contributed by atoms with van der Waals surface area (Å²) in [6.45, 7) is 0.114. The molecule has 0 spiro atoms. The molecule has 140 valence electrons. The largest absolute Gasteiger partial charge is 0.432 e. The summed E-state index contributed by atoms with van der Waals surface area (Å²) in [6, 6.07) is 12.8. The van der Waals surface area contributed by atoms with Crippen LogP contribution in [0.2, 0.25) is 5.02 Å². The number of Topliss-reactive ketones (excluding diaryl/α,β-unsaturated/α-hetero) is 1. The van der Waals surface area contributed by atoms with E-state index in [1.807, 2.05) is 24.3 Å². The molecule has 0 radical (unpaired) electrons. The number of carbonyl (C=O) groups excluding carboxylic acids is 2. The van der Waals surface area contributed by atoms with Crippen LogP contribution in [-0.4, -0.2) is 36.8 Å². The fraction of sp³-hybridized carbons (Fsp3) is 0.211. The number of carbonyl (C=O) groups is 2. The number of nitrogens with one attached hydrogen (secondary N) is 1. The van der Waals surface area contributed by atoms with Gasteiger partial charge in [0.05, 0.1) is 18.7 Å². The minimum Gasteiger partial charge on any atom is -0.432 e. The molecule has 1 aliphatic rings. The Hall–Kier alpha value is -2.22. The summed E-state index contributed by atoms with van der Waals surface area (Å²) >= 11 is 9.84. The Labute approximate surface area is 169 Å². The molecule has 0 aliphatic carbocycles. The quantitative estimate of drug-likeness (QED) is 0.698. The number of aliphatic imine (C=N–C) groups is 1. The van der Waals surface area contributed by atoms with E-state index in [1.54, 1.807) is 18.2 Å². The van der Waals surface area contributed by atoms with E-state index in [9.17, 15) is 9.59 Å². The Balaban J connectivity index is 2.15. The van der Waals surface area contributed by atoms with E-state index in [2.05, 4.69) is 26.2 Å². The van der Waals surface area contributed by atoms with Crippen molar-refractivity contribution in [2.75, 3.05) is 18.4 Å². The molecule has 0 aromatic heterocycles. The van der Waals surface area contributed by atoms with E-state index in [1.165, 1.54) is 0 Å². The van der Waals surface area contributed by atoms with Gasteiger partial charge in [0, 0.05) is 32.9 Å². The second-order valence-corrected chi connectivity index (χ2v) is 7.17. The van der Waals surface area contributed by atoms with Crippen LogP contribution in [0, 0.1) is 0 Å². The molecule has 0 bridgehead atoms. The van der Waals surface area contributed by atoms with Gasteiger partial charge in [-0.3, -0.25) is 9.59 Å². The number of nitrogens with zero attached hydrogens (tertiary/aromatic N) is 1. The van der Waals surface area contributed by atoms with Gasteiger partial charge >= 0.3 is 5.97 Å². The highest BCUT2D eigenvalue weighted by atomic mass is 79.9. The molecule has 1 aliphatic heterocycles. The third-order valence-corrected chi connectivity index (χ3v) is 4.75. The average Bonchev–Trinajstić information content (AvgIpc) is 2.64. The standard InChI is InChI=1S/C19H17BrClN3O3/c20-11-5-6-15-13(9-11)18(12-3-1-2-4-14(12)21)24-19(16(25)10-23-15)27-17(26)7-8-22/h1-6,9,19,23H,7-8,10,22H2/t19-/m0/s1. The van der Waals surface area contributed by atoms with Crippen LogP contribution in [-0.2, 0) is 14.3 Å². The highest BCUT2D eigenvalue weighted by molar-refractivity contribution is 9.10. The lowest BCUT2D eigenvalue weighted by atomic mass is 9.99. The topological polar surface area (TPSA) is 93.8 Å². The van der Waals surface area contributed by atoms with Crippen LogP contribution in [0.1, 0.15) is 17.5 Å². The first kappa shape index (κ1) is 19.5. The predicted molar refractivity (Wildman–Crippen MR) is 108 cm³/mol. The van der Waals surface area contributed by atoms with Crippen molar-refractivity contribution >= 4 is 50.7 Å². The van der Waals surface area contributed by atoms with Crippen molar-refractivity contribution in [1.29, 1.82) is 0 Å². The number of hydrogen-bond donors (Lipinski definition) is 2. The van der Waals surface area contributed by atoms with E-state index in [0.29, 0.717) is 16.3 Å². The Bertz CT molecular complexity index is 917. The molecule has 0 unspecified atom stereocenters. The van der Waals surface area contributed by atoms with E-state index >= 15 is 0 Å². The summed E-state index contributed by atoms with van der Waals surface area (Å²) in [5.74, 6) is -0.938.